The Labute approximate surface area is 152 Å². The molecule has 0 spiro atoms. The van der Waals surface area contributed by atoms with Gasteiger partial charge in [-0.1, -0.05) is 32.9 Å². The Kier molecular flexibility index (Phi) is 7.11. The molecule has 1 saturated heterocycles. The minimum absolute atomic E-state index is 0.213. The SMILES string of the molecule is CCOc1cccc(CN2CCN(CC(C)(C)C)[C@H](CCO)C2)c1O. The fourth-order valence-electron chi connectivity index (χ4n) is 3.55. The molecule has 0 aliphatic carbocycles. The van der Waals surface area contributed by atoms with Crippen molar-refractivity contribution in [2.24, 2.45) is 5.41 Å². The van der Waals surface area contributed by atoms with Crippen molar-refractivity contribution >= 4 is 0 Å². The molecular formula is C20H34N2O3. The van der Waals surface area contributed by atoms with Crippen LogP contribution in [0.25, 0.3) is 0 Å². The van der Waals surface area contributed by atoms with Gasteiger partial charge in [0.15, 0.2) is 11.5 Å². The number of para-hydroxylation sites is 1. The summed E-state index contributed by atoms with van der Waals surface area (Å²) >= 11 is 0. The normalized spacial score (nSPS) is 20.0. The van der Waals surface area contributed by atoms with Crippen LogP contribution >= 0.6 is 0 Å². The fourth-order valence-corrected chi connectivity index (χ4v) is 3.55. The van der Waals surface area contributed by atoms with E-state index >= 15 is 0 Å². The third-order valence-electron chi connectivity index (χ3n) is 4.60. The number of rotatable bonds is 7. The first kappa shape index (κ1) is 20.0. The van der Waals surface area contributed by atoms with E-state index in [1.165, 1.54) is 0 Å². The van der Waals surface area contributed by atoms with E-state index in [1.807, 2.05) is 19.1 Å². The van der Waals surface area contributed by atoms with Gasteiger partial charge in [-0.3, -0.25) is 9.80 Å². The van der Waals surface area contributed by atoms with E-state index in [0.29, 0.717) is 24.9 Å². The summed E-state index contributed by atoms with van der Waals surface area (Å²) in [5.74, 6) is 0.804. The summed E-state index contributed by atoms with van der Waals surface area (Å²) in [5.41, 5.74) is 1.15. The zero-order chi connectivity index (χ0) is 18.4. The average Bonchev–Trinajstić information content (AvgIpc) is 2.53. The lowest BCUT2D eigenvalue weighted by molar-refractivity contribution is 0.0337. The number of hydrogen-bond donors (Lipinski definition) is 2. The molecule has 2 rings (SSSR count). The number of aliphatic hydroxyl groups excluding tert-OH is 1. The number of phenolic OH excluding ortho intramolecular Hbond substituents is 1. The van der Waals surface area contributed by atoms with Crippen molar-refractivity contribution in [1.29, 1.82) is 0 Å². The van der Waals surface area contributed by atoms with E-state index in [0.717, 1.165) is 38.2 Å². The third-order valence-corrected chi connectivity index (χ3v) is 4.60. The van der Waals surface area contributed by atoms with E-state index in [-0.39, 0.29) is 17.8 Å². The van der Waals surface area contributed by atoms with Gasteiger partial charge in [-0.05, 0) is 24.8 Å². The molecule has 1 aromatic rings. The zero-order valence-electron chi connectivity index (χ0n) is 16.2. The van der Waals surface area contributed by atoms with Crippen LogP contribution in [0.2, 0.25) is 0 Å². The Balaban J connectivity index is 2.04. The second-order valence-electron chi connectivity index (χ2n) is 8.13. The molecule has 1 aliphatic rings. The number of phenols is 1. The van der Waals surface area contributed by atoms with Crippen molar-refractivity contribution in [3.8, 4) is 11.5 Å². The van der Waals surface area contributed by atoms with Crippen molar-refractivity contribution in [2.45, 2.75) is 46.7 Å². The van der Waals surface area contributed by atoms with Crippen LogP contribution in [-0.4, -0.2) is 65.4 Å². The van der Waals surface area contributed by atoms with Crippen LogP contribution in [0.4, 0.5) is 0 Å². The summed E-state index contributed by atoms with van der Waals surface area (Å²) < 4.78 is 5.49. The lowest BCUT2D eigenvalue weighted by Gasteiger charge is -2.44. The lowest BCUT2D eigenvalue weighted by Crippen LogP contribution is -2.54. The van der Waals surface area contributed by atoms with Gasteiger partial charge in [0.1, 0.15) is 0 Å². The quantitative estimate of drug-likeness (QED) is 0.792. The largest absolute Gasteiger partial charge is 0.504 e. The van der Waals surface area contributed by atoms with Crippen LogP contribution in [0, 0.1) is 5.41 Å². The Morgan fingerprint density at radius 1 is 1.24 bits per heavy atom. The highest BCUT2D eigenvalue weighted by Crippen LogP contribution is 2.31. The standard InChI is InChI=1S/C20H34N2O3/c1-5-25-18-8-6-7-16(19(18)24)13-21-10-11-22(15-20(2,3)4)17(14-21)9-12-23/h6-8,17,23-24H,5,9-15H2,1-4H3/t17-/m1/s1. The van der Waals surface area contributed by atoms with Gasteiger partial charge in [0.05, 0.1) is 6.61 Å². The summed E-state index contributed by atoms with van der Waals surface area (Å²) in [6.45, 7) is 14.1. The third kappa shape index (κ3) is 5.87. The molecule has 2 N–H and O–H groups in total. The Hall–Kier alpha value is -1.30. The molecule has 5 nitrogen and oxygen atoms in total. The van der Waals surface area contributed by atoms with E-state index in [9.17, 15) is 10.2 Å². The molecule has 0 saturated carbocycles. The molecule has 1 aliphatic heterocycles. The molecule has 0 aromatic heterocycles. The molecule has 5 heteroatoms. The van der Waals surface area contributed by atoms with Gasteiger partial charge in [0, 0.05) is 50.9 Å². The highest BCUT2D eigenvalue weighted by Gasteiger charge is 2.29. The number of benzene rings is 1. The van der Waals surface area contributed by atoms with Crippen molar-refractivity contribution in [2.75, 3.05) is 39.4 Å². The maximum Gasteiger partial charge on any atom is 0.162 e. The van der Waals surface area contributed by atoms with Gasteiger partial charge in [-0.2, -0.15) is 0 Å². The zero-order valence-corrected chi connectivity index (χ0v) is 16.2. The summed E-state index contributed by atoms with van der Waals surface area (Å²) in [4.78, 5) is 4.87. The Morgan fingerprint density at radius 2 is 2.00 bits per heavy atom. The lowest BCUT2D eigenvalue weighted by atomic mass is 9.94. The van der Waals surface area contributed by atoms with Gasteiger partial charge in [0.25, 0.3) is 0 Å². The molecule has 142 valence electrons. The topological polar surface area (TPSA) is 56.2 Å². The predicted molar refractivity (Wildman–Crippen MR) is 101 cm³/mol. The predicted octanol–water partition coefficient (Wildman–Crippen LogP) is 2.71. The number of hydrogen-bond acceptors (Lipinski definition) is 5. The number of ether oxygens (including phenoxy) is 1. The molecular weight excluding hydrogens is 316 g/mol. The minimum atomic E-state index is 0.213. The molecule has 1 heterocycles. The van der Waals surface area contributed by atoms with Crippen molar-refractivity contribution in [3.05, 3.63) is 23.8 Å². The second kappa shape index (κ2) is 8.88. The number of aliphatic hydroxyl groups is 1. The van der Waals surface area contributed by atoms with Crippen LogP contribution in [0.3, 0.4) is 0 Å². The van der Waals surface area contributed by atoms with E-state index in [2.05, 4.69) is 30.6 Å². The monoisotopic (exact) mass is 350 g/mol. The van der Waals surface area contributed by atoms with Gasteiger partial charge in [0.2, 0.25) is 0 Å². The summed E-state index contributed by atoms with van der Waals surface area (Å²) in [7, 11) is 0. The molecule has 1 atom stereocenters. The summed E-state index contributed by atoms with van der Waals surface area (Å²) in [5, 5.41) is 19.9. The maximum absolute atomic E-state index is 10.4. The first-order chi connectivity index (χ1) is 11.8. The Morgan fingerprint density at radius 3 is 2.64 bits per heavy atom. The van der Waals surface area contributed by atoms with Gasteiger partial charge in [-0.25, -0.2) is 0 Å². The van der Waals surface area contributed by atoms with Gasteiger partial charge >= 0.3 is 0 Å². The smallest absolute Gasteiger partial charge is 0.162 e. The molecule has 0 amide bonds. The minimum Gasteiger partial charge on any atom is -0.504 e. The van der Waals surface area contributed by atoms with Crippen LogP contribution < -0.4 is 4.74 Å². The maximum atomic E-state index is 10.4. The number of aromatic hydroxyl groups is 1. The highest BCUT2D eigenvalue weighted by atomic mass is 16.5. The highest BCUT2D eigenvalue weighted by molar-refractivity contribution is 5.45. The van der Waals surface area contributed by atoms with Gasteiger partial charge < -0.3 is 14.9 Å². The number of nitrogens with zero attached hydrogens (tertiary/aromatic N) is 2. The van der Waals surface area contributed by atoms with Crippen molar-refractivity contribution < 1.29 is 14.9 Å². The van der Waals surface area contributed by atoms with Crippen molar-refractivity contribution in [3.63, 3.8) is 0 Å². The van der Waals surface area contributed by atoms with Crippen LogP contribution in [0.15, 0.2) is 18.2 Å². The van der Waals surface area contributed by atoms with Crippen LogP contribution in [0.5, 0.6) is 11.5 Å². The summed E-state index contributed by atoms with van der Waals surface area (Å²) in [6.07, 6.45) is 0.789. The number of piperazine rings is 1. The van der Waals surface area contributed by atoms with E-state index in [1.54, 1.807) is 6.07 Å². The average molecular weight is 351 g/mol. The molecule has 0 radical (unpaired) electrons. The van der Waals surface area contributed by atoms with E-state index < -0.39 is 0 Å². The molecule has 0 bridgehead atoms. The van der Waals surface area contributed by atoms with Crippen LogP contribution in [0.1, 0.15) is 39.7 Å². The molecule has 1 aromatic carbocycles. The first-order valence-electron chi connectivity index (χ1n) is 9.35. The fraction of sp³-hybridized carbons (Fsp3) is 0.700. The summed E-state index contributed by atoms with van der Waals surface area (Å²) in [6, 6.07) is 6.05. The Bertz CT molecular complexity index is 542. The van der Waals surface area contributed by atoms with Gasteiger partial charge in [-0.15, -0.1) is 0 Å². The molecule has 1 fully saturated rings. The van der Waals surface area contributed by atoms with Crippen LogP contribution in [-0.2, 0) is 6.54 Å². The van der Waals surface area contributed by atoms with E-state index in [4.69, 9.17) is 4.74 Å². The first-order valence-corrected chi connectivity index (χ1v) is 9.35. The van der Waals surface area contributed by atoms with Crippen molar-refractivity contribution in [1.82, 2.24) is 9.80 Å². The molecule has 25 heavy (non-hydrogen) atoms. The second-order valence-corrected chi connectivity index (χ2v) is 8.13. The molecule has 0 unspecified atom stereocenters.